The lowest BCUT2D eigenvalue weighted by molar-refractivity contribution is -0.143. The largest absolute Gasteiger partial charge is 0.481 e. The second-order valence-electron chi connectivity index (χ2n) is 3.16. The molecule has 4 nitrogen and oxygen atoms in total. The molecule has 1 aliphatic carbocycles. The number of hydrogen-bond acceptors (Lipinski definition) is 2. The normalized spacial score (nSPS) is 28.3. The first-order valence-corrected chi connectivity index (χ1v) is 4.15. The van der Waals surface area contributed by atoms with Crippen molar-refractivity contribution < 1.29 is 14.7 Å². The maximum absolute atomic E-state index is 10.7. The SMILES string of the molecule is O=CNCC1CCCC1C(=O)O. The van der Waals surface area contributed by atoms with Gasteiger partial charge in [-0.15, -0.1) is 0 Å². The quantitative estimate of drug-likeness (QED) is 0.595. The molecule has 0 heterocycles. The van der Waals surface area contributed by atoms with Crippen LogP contribution in [0.3, 0.4) is 0 Å². The Labute approximate surface area is 71.0 Å². The highest BCUT2D eigenvalue weighted by molar-refractivity contribution is 5.70. The van der Waals surface area contributed by atoms with Gasteiger partial charge in [-0.25, -0.2) is 0 Å². The van der Waals surface area contributed by atoms with E-state index < -0.39 is 5.97 Å². The molecule has 0 aromatic heterocycles. The molecular formula is C8H13NO3. The maximum atomic E-state index is 10.7. The van der Waals surface area contributed by atoms with Crippen LogP contribution in [0.15, 0.2) is 0 Å². The fourth-order valence-corrected chi connectivity index (χ4v) is 1.81. The number of carbonyl (C=O) groups is 2. The van der Waals surface area contributed by atoms with Gasteiger partial charge < -0.3 is 10.4 Å². The van der Waals surface area contributed by atoms with Crippen molar-refractivity contribution in [1.29, 1.82) is 0 Å². The average Bonchev–Trinajstić information content (AvgIpc) is 2.48. The Morgan fingerprint density at radius 1 is 1.58 bits per heavy atom. The second-order valence-corrected chi connectivity index (χ2v) is 3.16. The minimum Gasteiger partial charge on any atom is -0.481 e. The maximum Gasteiger partial charge on any atom is 0.306 e. The van der Waals surface area contributed by atoms with Crippen molar-refractivity contribution in [3.05, 3.63) is 0 Å². The molecule has 0 aromatic carbocycles. The number of aliphatic carboxylic acids is 1. The van der Waals surface area contributed by atoms with Crippen molar-refractivity contribution in [1.82, 2.24) is 5.32 Å². The van der Waals surface area contributed by atoms with Crippen molar-refractivity contribution in [2.45, 2.75) is 19.3 Å². The van der Waals surface area contributed by atoms with Gasteiger partial charge in [-0.2, -0.15) is 0 Å². The number of carboxylic acids is 1. The molecule has 1 rings (SSSR count). The van der Waals surface area contributed by atoms with Crippen LogP contribution in [0.5, 0.6) is 0 Å². The first-order valence-electron chi connectivity index (χ1n) is 4.15. The van der Waals surface area contributed by atoms with Gasteiger partial charge >= 0.3 is 5.97 Å². The number of hydrogen-bond donors (Lipinski definition) is 2. The van der Waals surface area contributed by atoms with E-state index in [0.29, 0.717) is 13.0 Å². The molecular weight excluding hydrogens is 158 g/mol. The van der Waals surface area contributed by atoms with Crippen LogP contribution >= 0.6 is 0 Å². The van der Waals surface area contributed by atoms with Gasteiger partial charge in [-0.05, 0) is 18.8 Å². The summed E-state index contributed by atoms with van der Waals surface area (Å²) >= 11 is 0. The molecule has 0 bridgehead atoms. The zero-order valence-corrected chi connectivity index (χ0v) is 6.82. The number of rotatable bonds is 4. The molecule has 2 N–H and O–H groups in total. The van der Waals surface area contributed by atoms with E-state index in [1.165, 1.54) is 0 Å². The van der Waals surface area contributed by atoms with Crippen LogP contribution < -0.4 is 5.32 Å². The molecule has 2 atom stereocenters. The average molecular weight is 171 g/mol. The lowest BCUT2D eigenvalue weighted by Crippen LogP contribution is -2.28. The van der Waals surface area contributed by atoms with Gasteiger partial charge in [0.1, 0.15) is 0 Å². The predicted octanol–water partition coefficient (Wildman–Crippen LogP) is 0.233. The molecule has 0 radical (unpaired) electrons. The summed E-state index contributed by atoms with van der Waals surface area (Å²) in [5.74, 6) is -0.852. The third kappa shape index (κ3) is 1.96. The summed E-state index contributed by atoms with van der Waals surface area (Å²) in [4.78, 5) is 20.6. The van der Waals surface area contributed by atoms with Gasteiger partial charge in [0.25, 0.3) is 0 Å². The van der Waals surface area contributed by atoms with Gasteiger partial charge in [-0.1, -0.05) is 6.42 Å². The van der Waals surface area contributed by atoms with Gasteiger partial charge in [-0.3, -0.25) is 9.59 Å². The first kappa shape index (κ1) is 9.03. The van der Waals surface area contributed by atoms with Crippen molar-refractivity contribution in [3.8, 4) is 0 Å². The van der Waals surface area contributed by atoms with Crippen LogP contribution in [0.4, 0.5) is 0 Å². The fraction of sp³-hybridized carbons (Fsp3) is 0.750. The highest BCUT2D eigenvalue weighted by Gasteiger charge is 2.32. The summed E-state index contributed by atoms with van der Waals surface area (Å²) in [6.07, 6.45) is 3.25. The minimum atomic E-state index is -0.731. The molecule has 2 unspecified atom stereocenters. The number of carbonyl (C=O) groups excluding carboxylic acids is 1. The number of carboxylic acid groups (broad SMARTS) is 1. The Kier molecular flexibility index (Phi) is 3.08. The van der Waals surface area contributed by atoms with E-state index in [0.717, 1.165) is 19.3 Å². The molecule has 1 fully saturated rings. The lowest BCUT2D eigenvalue weighted by atomic mass is 9.96. The third-order valence-electron chi connectivity index (χ3n) is 2.44. The molecule has 1 saturated carbocycles. The standard InChI is InChI=1S/C8H13NO3/c10-5-9-4-6-2-1-3-7(6)8(11)12/h5-7H,1-4H2,(H,9,10)(H,11,12). The summed E-state index contributed by atoms with van der Waals surface area (Å²) in [7, 11) is 0. The van der Waals surface area contributed by atoms with Gasteiger partial charge in [0.15, 0.2) is 0 Å². The van der Waals surface area contributed by atoms with Gasteiger partial charge in [0.2, 0.25) is 6.41 Å². The topological polar surface area (TPSA) is 66.4 Å². The van der Waals surface area contributed by atoms with Crippen LogP contribution in [-0.2, 0) is 9.59 Å². The summed E-state index contributed by atoms with van der Waals surface area (Å²) in [5, 5.41) is 11.3. The molecule has 0 aromatic rings. The zero-order valence-electron chi connectivity index (χ0n) is 6.82. The summed E-state index contributed by atoms with van der Waals surface area (Å²) in [6.45, 7) is 0.500. The van der Waals surface area contributed by atoms with Crippen LogP contribution in [0.25, 0.3) is 0 Å². The van der Waals surface area contributed by atoms with Crippen LogP contribution in [0.1, 0.15) is 19.3 Å². The minimum absolute atomic E-state index is 0.132. The Morgan fingerprint density at radius 3 is 2.92 bits per heavy atom. The van der Waals surface area contributed by atoms with E-state index in [1.54, 1.807) is 0 Å². The summed E-state index contributed by atoms with van der Waals surface area (Å²) in [5.41, 5.74) is 0. The Hall–Kier alpha value is -1.06. The summed E-state index contributed by atoms with van der Waals surface area (Å²) < 4.78 is 0. The smallest absolute Gasteiger partial charge is 0.306 e. The lowest BCUT2D eigenvalue weighted by Gasteiger charge is -2.13. The molecule has 0 spiro atoms. The molecule has 0 saturated heterocycles. The predicted molar refractivity (Wildman–Crippen MR) is 42.5 cm³/mol. The Morgan fingerprint density at radius 2 is 2.33 bits per heavy atom. The molecule has 12 heavy (non-hydrogen) atoms. The van der Waals surface area contributed by atoms with E-state index in [2.05, 4.69) is 5.32 Å². The van der Waals surface area contributed by atoms with E-state index in [4.69, 9.17) is 5.11 Å². The van der Waals surface area contributed by atoms with Crippen LogP contribution in [0.2, 0.25) is 0 Å². The molecule has 1 aliphatic rings. The van der Waals surface area contributed by atoms with Crippen LogP contribution in [0, 0.1) is 11.8 Å². The second kappa shape index (κ2) is 4.09. The van der Waals surface area contributed by atoms with Gasteiger partial charge in [0, 0.05) is 6.54 Å². The molecule has 1 amide bonds. The highest BCUT2D eigenvalue weighted by atomic mass is 16.4. The van der Waals surface area contributed by atoms with Crippen molar-refractivity contribution in [2.24, 2.45) is 11.8 Å². The van der Waals surface area contributed by atoms with E-state index >= 15 is 0 Å². The van der Waals surface area contributed by atoms with E-state index in [-0.39, 0.29) is 11.8 Å². The highest BCUT2D eigenvalue weighted by Crippen LogP contribution is 2.31. The number of nitrogens with one attached hydrogen (secondary N) is 1. The van der Waals surface area contributed by atoms with E-state index in [1.807, 2.05) is 0 Å². The van der Waals surface area contributed by atoms with Gasteiger partial charge in [0.05, 0.1) is 5.92 Å². The summed E-state index contributed by atoms with van der Waals surface area (Å²) in [6, 6.07) is 0. The zero-order chi connectivity index (χ0) is 8.97. The van der Waals surface area contributed by atoms with Crippen LogP contribution in [-0.4, -0.2) is 24.0 Å². The number of amides is 1. The monoisotopic (exact) mass is 171 g/mol. The van der Waals surface area contributed by atoms with Crippen molar-refractivity contribution in [2.75, 3.05) is 6.54 Å². The molecule has 0 aliphatic heterocycles. The van der Waals surface area contributed by atoms with Crippen molar-refractivity contribution >= 4 is 12.4 Å². The first-order chi connectivity index (χ1) is 5.75. The van der Waals surface area contributed by atoms with Crippen molar-refractivity contribution in [3.63, 3.8) is 0 Å². The fourth-order valence-electron chi connectivity index (χ4n) is 1.81. The van der Waals surface area contributed by atoms with E-state index in [9.17, 15) is 9.59 Å². The Bertz CT molecular complexity index is 181. The molecule has 4 heteroatoms. The third-order valence-corrected chi connectivity index (χ3v) is 2.44. The Balaban J connectivity index is 2.40. The molecule has 68 valence electrons.